The van der Waals surface area contributed by atoms with Crippen LogP contribution in [0.1, 0.15) is 28.2 Å². The predicted molar refractivity (Wildman–Crippen MR) is 85.8 cm³/mol. The van der Waals surface area contributed by atoms with Gasteiger partial charge in [-0.15, -0.1) is 0 Å². The molecule has 0 saturated carbocycles. The number of carbonyl (C=O) groups is 1. The van der Waals surface area contributed by atoms with Crippen molar-refractivity contribution >= 4 is 17.0 Å². The molecule has 3 aromatic rings. The molecule has 0 bridgehead atoms. The van der Waals surface area contributed by atoms with Crippen LogP contribution in [0, 0.1) is 6.92 Å². The summed E-state index contributed by atoms with van der Waals surface area (Å²) in [7, 11) is 0. The van der Waals surface area contributed by atoms with E-state index in [1.165, 1.54) is 5.56 Å². The summed E-state index contributed by atoms with van der Waals surface area (Å²) in [6, 6.07) is 15.6. The summed E-state index contributed by atoms with van der Waals surface area (Å²) in [5.74, 6) is 0.122. The molecule has 0 saturated heterocycles. The minimum absolute atomic E-state index is 0.191. The monoisotopic (exact) mass is 294 g/mol. The SMILES string of the molecule is Cc1ccc2oc(C(=O)NCCCc3ccccc3)cc2n1. The van der Waals surface area contributed by atoms with Crippen molar-refractivity contribution in [2.75, 3.05) is 6.54 Å². The van der Waals surface area contributed by atoms with E-state index in [0.717, 1.165) is 24.1 Å². The number of amides is 1. The molecule has 0 atom stereocenters. The number of nitrogens with zero attached hydrogens (tertiary/aromatic N) is 1. The summed E-state index contributed by atoms with van der Waals surface area (Å²) in [6.07, 6.45) is 1.84. The Bertz CT molecular complexity index is 778. The molecule has 0 aliphatic carbocycles. The zero-order valence-electron chi connectivity index (χ0n) is 12.5. The highest BCUT2D eigenvalue weighted by atomic mass is 16.3. The molecule has 2 heterocycles. The van der Waals surface area contributed by atoms with Gasteiger partial charge in [-0.2, -0.15) is 0 Å². The second kappa shape index (κ2) is 6.43. The molecular formula is C18H18N2O2. The number of benzene rings is 1. The highest BCUT2D eigenvalue weighted by Gasteiger charge is 2.12. The Morgan fingerprint density at radius 2 is 2.00 bits per heavy atom. The third-order valence-corrected chi connectivity index (χ3v) is 3.51. The van der Waals surface area contributed by atoms with Gasteiger partial charge in [-0.3, -0.25) is 4.79 Å². The van der Waals surface area contributed by atoms with Gasteiger partial charge in [0.05, 0.1) is 0 Å². The fraction of sp³-hybridized carbons (Fsp3) is 0.222. The van der Waals surface area contributed by atoms with E-state index in [1.54, 1.807) is 6.07 Å². The highest BCUT2D eigenvalue weighted by molar-refractivity contribution is 5.95. The number of pyridine rings is 1. The molecule has 1 amide bonds. The van der Waals surface area contributed by atoms with Crippen LogP contribution in [0.4, 0.5) is 0 Å². The molecule has 0 fully saturated rings. The fourth-order valence-corrected chi connectivity index (χ4v) is 2.36. The fourth-order valence-electron chi connectivity index (χ4n) is 2.36. The maximum absolute atomic E-state index is 12.1. The standard InChI is InChI=1S/C18H18N2O2/c1-13-9-10-16-15(20-13)12-17(22-16)18(21)19-11-5-8-14-6-3-2-4-7-14/h2-4,6-7,9-10,12H,5,8,11H2,1H3,(H,19,21). The first kappa shape index (κ1) is 14.3. The Morgan fingerprint density at radius 1 is 1.18 bits per heavy atom. The van der Waals surface area contributed by atoms with Gasteiger partial charge in [-0.05, 0) is 37.5 Å². The molecule has 1 aromatic carbocycles. The topological polar surface area (TPSA) is 55.1 Å². The zero-order valence-corrected chi connectivity index (χ0v) is 12.5. The molecule has 0 aliphatic rings. The van der Waals surface area contributed by atoms with Crippen molar-refractivity contribution in [3.63, 3.8) is 0 Å². The summed E-state index contributed by atoms with van der Waals surface area (Å²) in [4.78, 5) is 16.4. The van der Waals surface area contributed by atoms with Crippen LogP contribution in [-0.4, -0.2) is 17.4 Å². The van der Waals surface area contributed by atoms with Gasteiger partial charge in [-0.25, -0.2) is 4.98 Å². The predicted octanol–water partition coefficient (Wildman–Crippen LogP) is 3.50. The largest absolute Gasteiger partial charge is 0.449 e. The summed E-state index contributed by atoms with van der Waals surface area (Å²) >= 11 is 0. The number of furan rings is 1. The molecule has 4 heteroatoms. The average molecular weight is 294 g/mol. The van der Waals surface area contributed by atoms with Crippen LogP contribution in [0.25, 0.3) is 11.1 Å². The molecule has 3 rings (SSSR count). The van der Waals surface area contributed by atoms with Crippen molar-refractivity contribution in [3.8, 4) is 0 Å². The van der Waals surface area contributed by atoms with E-state index in [-0.39, 0.29) is 5.91 Å². The second-order valence-electron chi connectivity index (χ2n) is 5.29. The van der Waals surface area contributed by atoms with Crippen LogP contribution in [0.3, 0.4) is 0 Å². The second-order valence-corrected chi connectivity index (χ2v) is 5.29. The Labute approximate surface area is 129 Å². The molecule has 0 unspecified atom stereocenters. The van der Waals surface area contributed by atoms with Crippen LogP contribution in [-0.2, 0) is 6.42 Å². The quantitative estimate of drug-likeness (QED) is 0.733. The van der Waals surface area contributed by atoms with Crippen molar-refractivity contribution in [3.05, 3.63) is 65.5 Å². The number of aryl methyl sites for hydroxylation is 2. The first-order valence-corrected chi connectivity index (χ1v) is 7.42. The number of hydrogen-bond donors (Lipinski definition) is 1. The Balaban J connectivity index is 1.54. The van der Waals surface area contributed by atoms with E-state index in [0.29, 0.717) is 17.9 Å². The van der Waals surface area contributed by atoms with E-state index >= 15 is 0 Å². The van der Waals surface area contributed by atoms with Gasteiger partial charge in [-0.1, -0.05) is 30.3 Å². The summed E-state index contributed by atoms with van der Waals surface area (Å²) in [5.41, 5.74) is 3.54. The summed E-state index contributed by atoms with van der Waals surface area (Å²) < 4.78 is 5.53. The zero-order chi connectivity index (χ0) is 15.4. The molecule has 1 N–H and O–H groups in total. The molecule has 22 heavy (non-hydrogen) atoms. The van der Waals surface area contributed by atoms with E-state index < -0.39 is 0 Å². The first-order valence-electron chi connectivity index (χ1n) is 7.42. The highest BCUT2D eigenvalue weighted by Crippen LogP contribution is 2.17. The average Bonchev–Trinajstić information content (AvgIpc) is 2.95. The number of nitrogens with one attached hydrogen (secondary N) is 1. The van der Waals surface area contributed by atoms with E-state index in [4.69, 9.17) is 4.42 Å². The smallest absolute Gasteiger partial charge is 0.287 e. The maximum atomic E-state index is 12.1. The lowest BCUT2D eigenvalue weighted by Crippen LogP contribution is -2.24. The third-order valence-electron chi connectivity index (χ3n) is 3.51. The molecular weight excluding hydrogens is 276 g/mol. The molecule has 112 valence electrons. The van der Waals surface area contributed by atoms with Crippen LogP contribution >= 0.6 is 0 Å². The lowest BCUT2D eigenvalue weighted by Gasteiger charge is -2.03. The number of fused-ring (bicyclic) bond motifs is 1. The number of hydrogen-bond acceptors (Lipinski definition) is 3. The molecule has 2 aromatic heterocycles. The van der Waals surface area contributed by atoms with Crippen LogP contribution in [0.15, 0.2) is 52.9 Å². The third kappa shape index (κ3) is 3.34. The number of aromatic nitrogens is 1. The van der Waals surface area contributed by atoms with Crippen molar-refractivity contribution in [1.29, 1.82) is 0 Å². The minimum atomic E-state index is -0.191. The summed E-state index contributed by atoms with van der Waals surface area (Å²) in [5, 5.41) is 2.88. The molecule has 0 spiro atoms. The molecule has 0 radical (unpaired) electrons. The first-order chi connectivity index (χ1) is 10.7. The van der Waals surface area contributed by atoms with E-state index in [9.17, 15) is 4.79 Å². The van der Waals surface area contributed by atoms with Gasteiger partial charge in [0, 0.05) is 18.3 Å². The van der Waals surface area contributed by atoms with Gasteiger partial charge in [0.15, 0.2) is 11.3 Å². The number of carbonyl (C=O) groups excluding carboxylic acids is 1. The van der Waals surface area contributed by atoms with Crippen LogP contribution < -0.4 is 5.32 Å². The van der Waals surface area contributed by atoms with Crippen LogP contribution in [0.5, 0.6) is 0 Å². The normalized spacial score (nSPS) is 10.8. The van der Waals surface area contributed by atoms with Crippen molar-refractivity contribution in [2.45, 2.75) is 19.8 Å². The lowest BCUT2D eigenvalue weighted by molar-refractivity contribution is 0.0927. The van der Waals surface area contributed by atoms with E-state index in [2.05, 4.69) is 22.4 Å². The minimum Gasteiger partial charge on any atom is -0.449 e. The molecule has 4 nitrogen and oxygen atoms in total. The lowest BCUT2D eigenvalue weighted by atomic mass is 10.1. The Kier molecular flexibility index (Phi) is 4.19. The Morgan fingerprint density at radius 3 is 2.82 bits per heavy atom. The molecule has 0 aliphatic heterocycles. The van der Waals surface area contributed by atoms with Crippen molar-refractivity contribution < 1.29 is 9.21 Å². The maximum Gasteiger partial charge on any atom is 0.287 e. The van der Waals surface area contributed by atoms with Crippen molar-refractivity contribution in [2.24, 2.45) is 0 Å². The van der Waals surface area contributed by atoms with Gasteiger partial charge in [0.1, 0.15) is 5.52 Å². The van der Waals surface area contributed by atoms with Crippen LogP contribution in [0.2, 0.25) is 0 Å². The van der Waals surface area contributed by atoms with Gasteiger partial charge in [0.2, 0.25) is 0 Å². The number of rotatable bonds is 5. The van der Waals surface area contributed by atoms with Gasteiger partial charge < -0.3 is 9.73 Å². The van der Waals surface area contributed by atoms with Gasteiger partial charge in [0.25, 0.3) is 5.91 Å². The van der Waals surface area contributed by atoms with Gasteiger partial charge >= 0.3 is 0 Å². The van der Waals surface area contributed by atoms with E-state index in [1.807, 2.05) is 37.3 Å². The Hall–Kier alpha value is -2.62. The van der Waals surface area contributed by atoms with Crippen molar-refractivity contribution in [1.82, 2.24) is 10.3 Å². The summed E-state index contributed by atoms with van der Waals surface area (Å²) in [6.45, 7) is 2.53.